The summed E-state index contributed by atoms with van der Waals surface area (Å²) >= 11 is 13.0. The van der Waals surface area contributed by atoms with Crippen LogP contribution in [0.3, 0.4) is 0 Å². The predicted octanol–water partition coefficient (Wildman–Crippen LogP) is 7.21. The van der Waals surface area contributed by atoms with Gasteiger partial charge in [0.25, 0.3) is 11.6 Å². The molecule has 0 saturated carbocycles. The molecule has 3 rings (SSSR count). The number of nitro benzene ring substituents is 1. The molecule has 0 aromatic heterocycles. The van der Waals surface area contributed by atoms with Crippen molar-refractivity contribution in [3.63, 3.8) is 0 Å². The van der Waals surface area contributed by atoms with E-state index in [1.54, 1.807) is 49.4 Å². The third kappa shape index (κ3) is 6.23. The smallest absolute Gasteiger partial charge is 0.269 e. The van der Waals surface area contributed by atoms with Gasteiger partial charge < -0.3 is 10.1 Å². The van der Waals surface area contributed by atoms with Gasteiger partial charge in [-0.25, -0.2) is 0 Å². The topological polar surface area (TPSA) is 105 Å². The Bertz CT molecular complexity index is 1330. The molecule has 34 heavy (non-hydrogen) atoms. The maximum Gasteiger partial charge on any atom is 0.269 e. The van der Waals surface area contributed by atoms with E-state index in [2.05, 4.69) is 37.2 Å². The monoisotopic (exact) mass is 603 g/mol. The number of amides is 1. The third-order valence-corrected chi connectivity index (χ3v) is 6.30. The van der Waals surface area contributed by atoms with E-state index >= 15 is 0 Å². The first-order valence-electron chi connectivity index (χ1n) is 9.73. The van der Waals surface area contributed by atoms with Gasteiger partial charge in [-0.15, -0.1) is 0 Å². The second-order valence-electron chi connectivity index (χ2n) is 7.07. The Balaban J connectivity index is 1.79. The van der Waals surface area contributed by atoms with Crippen molar-refractivity contribution in [2.45, 2.75) is 13.5 Å². The molecule has 0 saturated heterocycles. The number of benzene rings is 3. The van der Waals surface area contributed by atoms with Crippen molar-refractivity contribution < 1.29 is 14.5 Å². The number of nitro groups is 1. The molecule has 7 nitrogen and oxygen atoms in total. The lowest BCUT2D eigenvalue weighted by Crippen LogP contribution is -2.14. The number of carbonyl (C=O) groups excluding carboxylic acids is 1. The van der Waals surface area contributed by atoms with Gasteiger partial charge in [0.1, 0.15) is 24.0 Å². The minimum atomic E-state index is -0.564. The Labute approximate surface area is 217 Å². The highest BCUT2D eigenvalue weighted by atomic mass is 79.9. The van der Waals surface area contributed by atoms with Crippen molar-refractivity contribution in [3.05, 3.63) is 101 Å². The number of anilines is 1. The Morgan fingerprint density at radius 1 is 1.21 bits per heavy atom. The summed E-state index contributed by atoms with van der Waals surface area (Å²) in [5.74, 6) is -0.0905. The summed E-state index contributed by atoms with van der Waals surface area (Å²) in [5, 5.41) is 23.7. The van der Waals surface area contributed by atoms with Crippen LogP contribution >= 0.6 is 43.5 Å². The molecule has 10 heteroatoms. The molecule has 0 heterocycles. The molecule has 1 amide bonds. The van der Waals surface area contributed by atoms with Gasteiger partial charge >= 0.3 is 0 Å². The van der Waals surface area contributed by atoms with Crippen molar-refractivity contribution in [2.24, 2.45) is 0 Å². The van der Waals surface area contributed by atoms with Crippen LogP contribution in [0.5, 0.6) is 5.75 Å². The summed E-state index contributed by atoms with van der Waals surface area (Å²) in [6.45, 7) is 1.88. The van der Waals surface area contributed by atoms with E-state index in [1.165, 1.54) is 18.2 Å². The molecule has 0 aliphatic heterocycles. The third-order valence-electron chi connectivity index (χ3n) is 4.72. The standard InChI is InChI=1S/C24H16Br2ClN3O4/c1-14-21(27)6-3-7-22(14)29-24(31)17(12-28)8-16-10-19(25)23(20(26)11-16)34-13-15-4-2-5-18(9-15)30(32)33/h2-11H,13H2,1H3,(H,29,31)/b17-8-. The van der Waals surface area contributed by atoms with E-state index < -0.39 is 10.8 Å². The number of nitriles is 1. The van der Waals surface area contributed by atoms with Crippen molar-refractivity contribution in [1.82, 2.24) is 0 Å². The number of halogens is 3. The van der Waals surface area contributed by atoms with Crippen molar-refractivity contribution in [3.8, 4) is 11.8 Å². The molecule has 0 bridgehead atoms. The molecule has 1 N–H and O–H groups in total. The Kier molecular flexibility index (Phi) is 8.45. The van der Waals surface area contributed by atoms with Crippen LogP contribution in [0.2, 0.25) is 5.02 Å². The molecule has 3 aromatic carbocycles. The number of nitrogens with zero attached hydrogens (tertiary/aromatic N) is 2. The maximum atomic E-state index is 12.6. The van der Waals surface area contributed by atoms with E-state index in [0.717, 1.165) is 0 Å². The maximum absolute atomic E-state index is 12.6. The number of nitrogens with one attached hydrogen (secondary N) is 1. The molecule has 3 aromatic rings. The van der Waals surface area contributed by atoms with Crippen LogP contribution in [0, 0.1) is 28.4 Å². The highest BCUT2D eigenvalue weighted by molar-refractivity contribution is 9.11. The van der Waals surface area contributed by atoms with Crippen molar-refractivity contribution in [2.75, 3.05) is 5.32 Å². The largest absolute Gasteiger partial charge is 0.487 e. The minimum Gasteiger partial charge on any atom is -0.487 e. The zero-order valence-electron chi connectivity index (χ0n) is 17.6. The fourth-order valence-corrected chi connectivity index (χ4v) is 4.59. The molecule has 0 fully saturated rings. The fourth-order valence-electron chi connectivity index (χ4n) is 2.96. The van der Waals surface area contributed by atoms with Gasteiger partial charge in [-0.3, -0.25) is 14.9 Å². The fraction of sp³-hybridized carbons (Fsp3) is 0.0833. The lowest BCUT2D eigenvalue weighted by Gasteiger charge is -2.12. The molecule has 0 aliphatic rings. The number of rotatable bonds is 7. The zero-order chi connectivity index (χ0) is 24.8. The SMILES string of the molecule is Cc1c(Cl)cccc1NC(=O)/C(C#N)=C\c1cc(Br)c(OCc2cccc([N+](=O)[O-])c2)c(Br)c1. The number of hydrogen-bond acceptors (Lipinski definition) is 5. The second-order valence-corrected chi connectivity index (χ2v) is 9.18. The quantitative estimate of drug-likeness (QED) is 0.133. The van der Waals surface area contributed by atoms with Gasteiger partial charge in [0.05, 0.1) is 13.9 Å². The van der Waals surface area contributed by atoms with E-state index in [0.29, 0.717) is 42.1 Å². The van der Waals surface area contributed by atoms with Crippen LogP contribution in [0.25, 0.3) is 6.08 Å². The lowest BCUT2D eigenvalue weighted by atomic mass is 10.1. The van der Waals surface area contributed by atoms with E-state index in [1.807, 2.05) is 6.07 Å². The second kappa shape index (κ2) is 11.3. The average molecular weight is 606 g/mol. The molecular formula is C24H16Br2ClN3O4. The van der Waals surface area contributed by atoms with Crippen LogP contribution < -0.4 is 10.1 Å². The molecule has 172 valence electrons. The molecule has 0 aliphatic carbocycles. The van der Waals surface area contributed by atoms with E-state index in [9.17, 15) is 20.2 Å². The Morgan fingerprint density at radius 3 is 2.53 bits per heavy atom. The van der Waals surface area contributed by atoms with Crippen LogP contribution in [0.1, 0.15) is 16.7 Å². The summed E-state index contributed by atoms with van der Waals surface area (Å²) in [4.78, 5) is 23.1. The predicted molar refractivity (Wildman–Crippen MR) is 138 cm³/mol. The van der Waals surface area contributed by atoms with Gasteiger partial charge in [0.15, 0.2) is 0 Å². The summed E-state index contributed by atoms with van der Waals surface area (Å²) in [6, 6.07) is 16.6. The van der Waals surface area contributed by atoms with Crippen molar-refractivity contribution in [1.29, 1.82) is 5.26 Å². The number of non-ortho nitro benzene ring substituents is 1. The summed E-state index contributed by atoms with van der Waals surface area (Å²) in [7, 11) is 0. The summed E-state index contributed by atoms with van der Waals surface area (Å²) in [5.41, 5.74) is 2.32. The average Bonchev–Trinajstić information content (AvgIpc) is 2.80. The van der Waals surface area contributed by atoms with E-state index in [-0.39, 0.29) is 17.9 Å². The molecule has 0 atom stereocenters. The Morgan fingerprint density at radius 2 is 1.88 bits per heavy atom. The lowest BCUT2D eigenvalue weighted by molar-refractivity contribution is -0.384. The van der Waals surface area contributed by atoms with Gasteiger partial charge in [0, 0.05) is 22.8 Å². The molecule has 0 radical (unpaired) electrons. The number of carbonyl (C=O) groups is 1. The molecular weight excluding hydrogens is 590 g/mol. The van der Waals surface area contributed by atoms with Gasteiger partial charge in [-0.05, 0) is 85.8 Å². The van der Waals surface area contributed by atoms with Crippen molar-refractivity contribution >= 4 is 66.8 Å². The van der Waals surface area contributed by atoms with Gasteiger partial charge in [-0.1, -0.05) is 29.8 Å². The minimum absolute atomic E-state index is 0.0185. The zero-order valence-corrected chi connectivity index (χ0v) is 21.6. The first-order valence-corrected chi connectivity index (χ1v) is 11.7. The number of ether oxygens (including phenoxy) is 1. The van der Waals surface area contributed by atoms with Crippen LogP contribution in [-0.2, 0) is 11.4 Å². The molecule has 0 spiro atoms. The van der Waals surface area contributed by atoms with Crippen LogP contribution in [0.15, 0.2) is 69.1 Å². The highest BCUT2D eigenvalue weighted by Gasteiger charge is 2.14. The first-order chi connectivity index (χ1) is 16.2. The number of hydrogen-bond donors (Lipinski definition) is 1. The normalized spacial score (nSPS) is 11.0. The summed E-state index contributed by atoms with van der Waals surface area (Å²) < 4.78 is 6.97. The Hall–Kier alpha value is -3.19. The van der Waals surface area contributed by atoms with Crippen LogP contribution in [-0.4, -0.2) is 10.8 Å². The van der Waals surface area contributed by atoms with Crippen LogP contribution in [0.4, 0.5) is 11.4 Å². The van der Waals surface area contributed by atoms with Gasteiger partial charge in [-0.2, -0.15) is 5.26 Å². The first kappa shape index (κ1) is 25.4. The van der Waals surface area contributed by atoms with E-state index in [4.69, 9.17) is 16.3 Å². The van der Waals surface area contributed by atoms with Gasteiger partial charge in [0.2, 0.25) is 0 Å². The highest BCUT2D eigenvalue weighted by Crippen LogP contribution is 2.36. The summed E-state index contributed by atoms with van der Waals surface area (Å²) in [6.07, 6.45) is 1.45. The molecule has 0 unspecified atom stereocenters.